The number of piperazine rings is 1. The molecule has 0 bridgehead atoms. The third-order valence-corrected chi connectivity index (χ3v) is 2.81. The highest BCUT2D eigenvalue weighted by Crippen LogP contribution is 2.10. The van der Waals surface area contributed by atoms with E-state index in [0.29, 0.717) is 11.9 Å². The van der Waals surface area contributed by atoms with Crippen molar-refractivity contribution in [1.29, 1.82) is 0 Å². The summed E-state index contributed by atoms with van der Waals surface area (Å²) in [6, 6.07) is 0.450. The highest BCUT2D eigenvalue weighted by Gasteiger charge is 2.30. The molecule has 2 fully saturated rings. The summed E-state index contributed by atoms with van der Waals surface area (Å²) in [6.45, 7) is 6.55. The normalized spacial score (nSPS) is 29.9. The summed E-state index contributed by atoms with van der Waals surface area (Å²) in [5, 5.41) is 6.46. The van der Waals surface area contributed by atoms with Crippen LogP contribution < -0.4 is 10.6 Å². The smallest absolute Gasteiger partial charge is 0.228 e. The van der Waals surface area contributed by atoms with Crippen LogP contribution in [-0.2, 0) is 4.79 Å². The molecule has 0 aromatic heterocycles. The number of hydrogen-bond donors (Lipinski definition) is 2. The number of hydrogen-bond acceptors (Lipinski definition) is 3. The first-order valence-corrected chi connectivity index (χ1v) is 5.00. The van der Waals surface area contributed by atoms with Crippen molar-refractivity contribution < 1.29 is 4.79 Å². The van der Waals surface area contributed by atoms with Crippen molar-refractivity contribution in [2.75, 3.05) is 32.7 Å². The summed E-state index contributed by atoms with van der Waals surface area (Å²) in [5.74, 6) is 0.595. The van der Waals surface area contributed by atoms with Crippen molar-refractivity contribution in [2.24, 2.45) is 5.92 Å². The van der Waals surface area contributed by atoms with Gasteiger partial charge in [0.05, 0.1) is 5.92 Å². The predicted octanol–water partition coefficient (Wildman–Crippen LogP) is -0.974. The molecular weight excluding hydrogens is 166 g/mol. The monoisotopic (exact) mass is 183 g/mol. The zero-order valence-corrected chi connectivity index (χ0v) is 8.05. The van der Waals surface area contributed by atoms with Crippen LogP contribution >= 0.6 is 0 Å². The number of amides is 1. The minimum absolute atomic E-state index is 0.255. The average molecular weight is 183 g/mol. The molecule has 2 aliphatic rings. The molecule has 2 saturated heterocycles. The Labute approximate surface area is 78.7 Å². The van der Waals surface area contributed by atoms with Crippen molar-refractivity contribution in [3.63, 3.8) is 0 Å². The lowest BCUT2D eigenvalue weighted by Crippen LogP contribution is -2.57. The summed E-state index contributed by atoms with van der Waals surface area (Å²) in [7, 11) is 0. The minimum Gasteiger partial charge on any atom is -0.340 e. The number of nitrogens with one attached hydrogen (secondary N) is 2. The lowest BCUT2D eigenvalue weighted by Gasteiger charge is -2.37. The van der Waals surface area contributed by atoms with Gasteiger partial charge in [-0.3, -0.25) is 4.79 Å². The van der Waals surface area contributed by atoms with Crippen molar-refractivity contribution in [3.05, 3.63) is 0 Å². The third-order valence-electron chi connectivity index (χ3n) is 2.81. The molecule has 4 nitrogen and oxygen atoms in total. The van der Waals surface area contributed by atoms with E-state index in [1.807, 2.05) is 4.90 Å². The van der Waals surface area contributed by atoms with Gasteiger partial charge in [-0.15, -0.1) is 0 Å². The van der Waals surface area contributed by atoms with Crippen LogP contribution in [0, 0.1) is 5.92 Å². The maximum atomic E-state index is 11.8. The van der Waals surface area contributed by atoms with Gasteiger partial charge in [-0.2, -0.15) is 0 Å². The molecule has 2 N–H and O–H groups in total. The van der Waals surface area contributed by atoms with E-state index in [9.17, 15) is 4.79 Å². The Bertz CT molecular complexity index is 203. The Kier molecular flexibility index (Phi) is 2.51. The molecule has 1 atom stereocenters. The summed E-state index contributed by atoms with van der Waals surface area (Å²) in [6.07, 6.45) is 0. The van der Waals surface area contributed by atoms with Gasteiger partial charge in [0, 0.05) is 38.8 Å². The van der Waals surface area contributed by atoms with E-state index in [0.717, 1.165) is 32.7 Å². The fraction of sp³-hybridized carbons (Fsp3) is 0.889. The Morgan fingerprint density at radius 3 is 2.77 bits per heavy atom. The summed E-state index contributed by atoms with van der Waals surface area (Å²) in [5.41, 5.74) is 0. The molecule has 0 unspecified atom stereocenters. The zero-order valence-electron chi connectivity index (χ0n) is 8.05. The molecular formula is C9H17N3O. The molecule has 13 heavy (non-hydrogen) atoms. The van der Waals surface area contributed by atoms with E-state index < -0.39 is 0 Å². The minimum atomic E-state index is 0.255. The van der Waals surface area contributed by atoms with Gasteiger partial charge in [0.1, 0.15) is 0 Å². The summed E-state index contributed by atoms with van der Waals surface area (Å²) < 4.78 is 0. The molecule has 4 heteroatoms. The molecule has 1 amide bonds. The van der Waals surface area contributed by atoms with Gasteiger partial charge in [-0.05, 0) is 6.92 Å². The second-order valence-corrected chi connectivity index (χ2v) is 3.99. The lowest BCUT2D eigenvalue weighted by molar-refractivity contribution is -0.138. The second-order valence-electron chi connectivity index (χ2n) is 3.99. The zero-order chi connectivity index (χ0) is 9.26. The fourth-order valence-electron chi connectivity index (χ4n) is 1.85. The highest BCUT2D eigenvalue weighted by atomic mass is 16.2. The maximum absolute atomic E-state index is 11.8. The first-order valence-electron chi connectivity index (χ1n) is 5.00. The van der Waals surface area contributed by atoms with Crippen LogP contribution in [0.4, 0.5) is 0 Å². The molecule has 0 spiro atoms. The van der Waals surface area contributed by atoms with Crippen molar-refractivity contribution in [3.8, 4) is 0 Å². The van der Waals surface area contributed by atoms with Crippen molar-refractivity contribution in [2.45, 2.75) is 13.0 Å². The Morgan fingerprint density at radius 1 is 1.46 bits per heavy atom. The highest BCUT2D eigenvalue weighted by molar-refractivity contribution is 5.80. The number of nitrogens with zero attached hydrogens (tertiary/aromatic N) is 1. The fourth-order valence-corrected chi connectivity index (χ4v) is 1.85. The second kappa shape index (κ2) is 3.64. The number of carbonyl (C=O) groups excluding carboxylic acids is 1. The first-order chi connectivity index (χ1) is 6.27. The van der Waals surface area contributed by atoms with E-state index in [4.69, 9.17) is 0 Å². The van der Waals surface area contributed by atoms with Crippen LogP contribution in [-0.4, -0.2) is 49.6 Å². The van der Waals surface area contributed by atoms with Gasteiger partial charge in [-0.25, -0.2) is 0 Å². The van der Waals surface area contributed by atoms with E-state index in [1.54, 1.807) is 0 Å². The molecule has 0 saturated carbocycles. The molecule has 0 aromatic carbocycles. The molecule has 74 valence electrons. The van der Waals surface area contributed by atoms with Crippen LogP contribution in [0.1, 0.15) is 6.92 Å². The van der Waals surface area contributed by atoms with E-state index in [1.165, 1.54) is 0 Å². The Morgan fingerprint density at radius 2 is 2.23 bits per heavy atom. The largest absolute Gasteiger partial charge is 0.340 e. The molecule has 0 aromatic rings. The molecule has 2 rings (SSSR count). The summed E-state index contributed by atoms with van der Waals surface area (Å²) in [4.78, 5) is 13.8. The van der Waals surface area contributed by atoms with Crippen molar-refractivity contribution >= 4 is 5.91 Å². The quantitative estimate of drug-likeness (QED) is 0.549. The van der Waals surface area contributed by atoms with Gasteiger partial charge in [0.25, 0.3) is 0 Å². The predicted molar refractivity (Wildman–Crippen MR) is 50.4 cm³/mol. The molecule has 0 aliphatic carbocycles. The van der Waals surface area contributed by atoms with Gasteiger partial charge in [0.2, 0.25) is 5.91 Å². The number of carbonyl (C=O) groups is 1. The van der Waals surface area contributed by atoms with Crippen LogP contribution in [0.3, 0.4) is 0 Å². The SMILES string of the molecule is C[C@H]1CN(C(=O)C2CNC2)CCN1. The Balaban J connectivity index is 1.87. The van der Waals surface area contributed by atoms with Gasteiger partial charge in [-0.1, -0.05) is 0 Å². The number of rotatable bonds is 1. The van der Waals surface area contributed by atoms with E-state index in [2.05, 4.69) is 17.6 Å². The average Bonchev–Trinajstić information content (AvgIpc) is 2.01. The molecule has 2 aliphatic heterocycles. The van der Waals surface area contributed by atoms with Crippen LogP contribution in [0.15, 0.2) is 0 Å². The van der Waals surface area contributed by atoms with Crippen LogP contribution in [0.5, 0.6) is 0 Å². The van der Waals surface area contributed by atoms with E-state index >= 15 is 0 Å². The van der Waals surface area contributed by atoms with Gasteiger partial charge < -0.3 is 15.5 Å². The molecule has 0 radical (unpaired) electrons. The molecule has 2 heterocycles. The van der Waals surface area contributed by atoms with Gasteiger partial charge >= 0.3 is 0 Å². The van der Waals surface area contributed by atoms with E-state index in [-0.39, 0.29) is 5.92 Å². The lowest BCUT2D eigenvalue weighted by atomic mass is 10.0. The Hall–Kier alpha value is -0.610. The van der Waals surface area contributed by atoms with Crippen molar-refractivity contribution in [1.82, 2.24) is 15.5 Å². The van der Waals surface area contributed by atoms with Gasteiger partial charge in [0.15, 0.2) is 0 Å². The maximum Gasteiger partial charge on any atom is 0.228 e. The third kappa shape index (κ3) is 1.84. The van der Waals surface area contributed by atoms with Crippen LogP contribution in [0.25, 0.3) is 0 Å². The standard InChI is InChI=1S/C9H17N3O/c1-7-6-12(3-2-11-7)9(13)8-4-10-5-8/h7-8,10-11H,2-6H2,1H3/t7-/m0/s1. The summed E-state index contributed by atoms with van der Waals surface area (Å²) >= 11 is 0. The first kappa shape index (κ1) is 8.97. The topological polar surface area (TPSA) is 44.4 Å². The van der Waals surface area contributed by atoms with Crippen LogP contribution in [0.2, 0.25) is 0 Å².